The van der Waals surface area contributed by atoms with E-state index in [0.717, 1.165) is 0 Å². The van der Waals surface area contributed by atoms with Gasteiger partial charge in [-0.2, -0.15) is 0 Å². The maximum atomic E-state index is 12.5. The summed E-state index contributed by atoms with van der Waals surface area (Å²) >= 11 is 2.67. The molecule has 7 nitrogen and oxygen atoms in total. The van der Waals surface area contributed by atoms with E-state index in [1.54, 1.807) is 0 Å². The van der Waals surface area contributed by atoms with Gasteiger partial charge >= 0.3 is 5.69 Å². The summed E-state index contributed by atoms with van der Waals surface area (Å²) in [5.41, 5.74) is -2.38. The maximum absolute atomic E-state index is 12.5. The van der Waals surface area contributed by atoms with E-state index in [2.05, 4.69) is 26.1 Å². The summed E-state index contributed by atoms with van der Waals surface area (Å²) in [6.07, 6.45) is -3.23. The molecule has 0 atom stereocenters. The first kappa shape index (κ1) is 13.9. The Bertz CT molecular complexity index is 577. The van der Waals surface area contributed by atoms with Crippen molar-refractivity contribution >= 4 is 31.6 Å². The standard InChI is InChI=1S/C6H4BrF2N3O4S/c7-3-1-2(5(8)9)4(12(13)14)6(11-3)17(10,15)16/h1,5H,(H2,10,15,16). The zero-order valence-electron chi connectivity index (χ0n) is 7.80. The highest BCUT2D eigenvalue weighted by Crippen LogP contribution is 2.34. The molecule has 0 aromatic carbocycles. The van der Waals surface area contributed by atoms with E-state index in [1.807, 2.05) is 0 Å². The Labute approximate surface area is 102 Å². The van der Waals surface area contributed by atoms with Crippen molar-refractivity contribution in [2.45, 2.75) is 11.5 Å². The average Bonchev–Trinajstić information content (AvgIpc) is 2.14. The number of pyridine rings is 1. The molecule has 0 fully saturated rings. The van der Waals surface area contributed by atoms with Gasteiger partial charge in [0.25, 0.3) is 16.4 Å². The fraction of sp³-hybridized carbons (Fsp3) is 0.167. The second-order valence-corrected chi connectivity index (χ2v) is 5.08. The molecule has 1 aromatic rings. The molecule has 0 aliphatic carbocycles. The van der Waals surface area contributed by atoms with Crippen molar-refractivity contribution in [1.82, 2.24) is 4.98 Å². The smallest absolute Gasteiger partial charge is 0.258 e. The highest BCUT2D eigenvalue weighted by Gasteiger charge is 2.33. The van der Waals surface area contributed by atoms with Crippen molar-refractivity contribution in [3.63, 3.8) is 0 Å². The zero-order valence-corrected chi connectivity index (χ0v) is 10.2. The fourth-order valence-electron chi connectivity index (χ4n) is 1.05. The van der Waals surface area contributed by atoms with Gasteiger partial charge in [0.05, 0.1) is 4.92 Å². The van der Waals surface area contributed by atoms with Gasteiger partial charge in [-0.1, -0.05) is 0 Å². The number of primary sulfonamides is 1. The highest BCUT2D eigenvalue weighted by atomic mass is 79.9. The first-order valence-corrected chi connectivity index (χ1v) is 6.14. The van der Waals surface area contributed by atoms with Crippen LogP contribution in [-0.2, 0) is 10.0 Å². The summed E-state index contributed by atoms with van der Waals surface area (Å²) in [5, 5.41) is 14.1. The third kappa shape index (κ3) is 2.92. The Hall–Kier alpha value is -1.20. The van der Waals surface area contributed by atoms with Crippen molar-refractivity contribution in [1.29, 1.82) is 0 Å². The van der Waals surface area contributed by atoms with E-state index in [1.165, 1.54) is 0 Å². The van der Waals surface area contributed by atoms with Crippen LogP contribution in [0.15, 0.2) is 15.7 Å². The van der Waals surface area contributed by atoms with Gasteiger partial charge in [0.1, 0.15) is 10.2 Å². The molecule has 0 aliphatic rings. The summed E-state index contributed by atoms with van der Waals surface area (Å²) < 4.78 is 46.9. The molecular weight excluding hydrogens is 328 g/mol. The minimum absolute atomic E-state index is 0.289. The summed E-state index contributed by atoms with van der Waals surface area (Å²) in [5.74, 6) is 0. The first-order valence-electron chi connectivity index (χ1n) is 3.80. The number of rotatable bonds is 3. The van der Waals surface area contributed by atoms with Gasteiger partial charge in [-0.15, -0.1) is 0 Å². The summed E-state index contributed by atoms with van der Waals surface area (Å²) in [7, 11) is -4.57. The number of halogens is 3. The molecule has 1 aromatic heterocycles. The van der Waals surface area contributed by atoms with Crippen LogP contribution in [-0.4, -0.2) is 18.3 Å². The average molecular weight is 332 g/mol. The molecule has 1 heterocycles. The van der Waals surface area contributed by atoms with E-state index in [9.17, 15) is 27.3 Å². The van der Waals surface area contributed by atoms with Crippen LogP contribution in [0.1, 0.15) is 12.0 Å². The third-order valence-electron chi connectivity index (χ3n) is 1.65. The molecule has 0 bridgehead atoms. The van der Waals surface area contributed by atoms with Crippen molar-refractivity contribution in [3.05, 3.63) is 26.3 Å². The van der Waals surface area contributed by atoms with Gasteiger partial charge in [0.2, 0.25) is 5.03 Å². The molecule has 11 heteroatoms. The van der Waals surface area contributed by atoms with E-state index < -0.39 is 37.6 Å². The van der Waals surface area contributed by atoms with Crippen LogP contribution >= 0.6 is 15.9 Å². The lowest BCUT2D eigenvalue weighted by molar-refractivity contribution is -0.389. The van der Waals surface area contributed by atoms with Crippen molar-refractivity contribution in [2.75, 3.05) is 0 Å². The van der Waals surface area contributed by atoms with Gasteiger partial charge in [0, 0.05) is 0 Å². The quantitative estimate of drug-likeness (QED) is 0.509. The number of nitrogens with zero attached hydrogens (tertiary/aromatic N) is 2. The Balaban J connectivity index is 3.77. The number of aromatic nitrogens is 1. The number of alkyl halides is 2. The topological polar surface area (TPSA) is 116 Å². The van der Waals surface area contributed by atoms with Crippen molar-refractivity contribution in [3.8, 4) is 0 Å². The first-order chi connectivity index (χ1) is 7.64. The fourth-order valence-corrected chi connectivity index (χ4v) is 2.28. The number of hydrogen-bond donors (Lipinski definition) is 1. The van der Waals surface area contributed by atoms with E-state index in [4.69, 9.17) is 0 Å². The molecule has 0 saturated heterocycles. The molecule has 0 unspecified atom stereocenters. The van der Waals surface area contributed by atoms with Gasteiger partial charge in [-0.3, -0.25) is 10.1 Å². The number of nitrogens with two attached hydrogens (primary N) is 1. The predicted octanol–water partition coefficient (Wildman–Crippen LogP) is 1.34. The van der Waals surface area contributed by atoms with Gasteiger partial charge in [0.15, 0.2) is 0 Å². The van der Waals surface area contributed by atoms with Crippen molar-refractivity contribution in [2.24, 2.45) is 5.14 Å². The summed E-state index contributed by atoms with van der Waals surface area (Å²) in [6.45, 7) is 0. The third-order valence-corrected chi connectivity index (χ3v) is 2.88. The molecule has 1 rings (SSSR count). The van der Waals surface area contributed by atoms with Crippen LogP contribution in [0.3, 0.4) is 0 Å². The van der Waals surface area contributed by atoms with Crippen LogP contribution in [0.25, 0.3) is 0 Å². The number of hydrogen-bond acceptors (Lipinski definition) is 5. The summed E-state index contributed by atoms with van der Waals surface area (Å²) in [6, 6.07) is 0.664. The predicted molar refractivity (Wildman–Crippen MR) is 54.9 cm³/mol. The van der Waals surface area contributed by atoms with Gasteiger partial charge < -0.3 is 0 Å². The second kappa shape index (κ2) is 4.58. The summed E-state index contributed by atoms with van der Waals surface area (Å²) in [4.78, 5) is 12.6. The minimum atomic E-state index is -4.57. The Kier molecular flexibility index (Phi) is 3.74. The lowest BCUT2D eigenvalue weighted by Gasteiger charge is -2.05. The second-order valence-electron chi connectivity index (χ2n) is 2.79. The Morgan fingerprint density at radius 3 is 2.41 bits per heavy atom. The monoisotopic (exact) mass is 331 g/mol. The van der Waals surface area contributed by atoms with Gasteiger partial charge in [-0.25, -0.2) is 27.3 Å². The molecule has 0 radical (unpaired) electrons. The van der Waals surface area contributed by atoms with Crippen LogP contribution < -0.4 is 5.14 Å². The van der Waals surface area contributed by atoms with E-state index in [-0.39, 0.29) is 4.60 Å². The van der Waals surface area contributed by atoms with Crippen molar-refractivity contribution < 1.29 is 22.1 Å². The Morgan fingerprint density at radius 2 is 2.06 bits per heavy atom. The van der Waals surface area contributed by atoms with E-state index in [0.29, 0.717) is 6.07 Å². The maximum Gasteiger partial charge on any atom is 0.316 e. The molecule has 0 saturated carbocycles. The highest BCUT2D eigenvalue weighted by molar-refractivity contribution is 9.10. The zero-order chi connectivity index (χ0) is 13.4. The van der Waals surface area contributed by atoms with Crippen LogP contribution in [0.2, 0.25) is 0 Å². The molecule has 0 spiro atoms. The molecule has 0 amide bonds. The molecule has 2 N–H and O–H groups in total. The van der Waals surface area contributed by atoms with Crippen LogP contribution in [0.4, 0.5) is 14.5 Å². The number of sulfonamides is 1. The SMILES string of the molecule is NS(=O)(=O)c1nc(Br)cc(C(F)F)c1[N+](=O)[O-]. The Morgan fingerprint density at radius 1 is 1.53 bits per heavy atom. The molecular formula is C6H4BrF2N3O4S. The lowest BCUT2D eigenvalue weighted by Crippen LogP contribution is -2.17. The minimum Gasteiger partial charge on any atom is -0.258 e. The largest absolute Gasteiger partial charge is 0.316 e. The number of nitro groups is 1. The van der Waals surface area contributed by atoms with Crippen LogP contribution in [0.5, 0.6) is 0 Å². The molecule has 0 aliphatic heterocycles. The van der Waals surface area contributed by atoms with Crippen LogP contribution in [0, 0.1) is 10.1 Å². The lowest BCUT2D eigenvalue weighted by atomic mass is 10.2. The van der Waals surface area contributed by atoms with E-state index >= 15 is 0 Å². The normalized spacial score (nSPS) is 11.8. The molecule has 94 valence electrons. The molecule has 17 heavy (non-hydrogen) atoms. The van der Waals surface area contributed by atoms with Gasteiger partial charge in [-0.05, 0) is 22.0 Å².